The maximum atomic E-state index is 14.8. The molecule has 0 saturated heterocycles. The zero-order valence-corrected chi connectivity index (χ0v) is 39.0. The molecule has 0 heterocycles. The minimum atomic E-state index is -1.80. The van der Waals surface area contributed by atoms with Gasteiger partial charge in [0.15, 0.2) is 0 Å². The van der Waals surface area contributed by atoms with Crippen molar-refractivity contribution in [2.75, 3.05) is 13.2 Å². The van der Waals surface area contributed by atoms with Crippen LogP contribution >= 0.6 is 0 Å². The molecule has 2 atom stereocenters. The molecule has 10 nitrogen and oxygen atoms in total. The summed E-state index contributed by atoms with van der Waals surface area (Å²) in [6, 6.07) is 69.8. The highest BCUT2D eigenvalue weighted by Crippen LogP contribution is 2.45. The van der Waals surface area contributed by atoms with E-state index in [-0.39, 0.29) is 18.9 Å². The van der Waals surface area contributed by atoms with Gasteiger partial charge in [0.05, 0.1) is 0 Å². The number of ether oxygens (including phenoxy) is 1. The van der Waals surface area contributed by atoms with E-state index in [1.54, 1.807) is 0 Å². The second kappa shape index (κ2) is 21.4. The highest BCUT2D eigenvalue weighted by Gasteiger charge is 2.43. The van der Waals surface area contributed by atoms with E-state index in [0.29, 0.717) is 0 Å². The summed E-state index contributed by atoms with van der Waals surface area (Å²) in [6.45, 7) is -0.532. The molecule has 3 amide bonds. The van der Waals surface area contributed by atoms with Gasteiger partial charge in [-0.05, 0) is 55.6 Å². The SMILES string of the molecule is NC(CC(=O)NC(c1ccccc1)(c1ccccc1)c1ccccc1)C(C(=O)O)N(CCC(=O)NC(c1ccccc1)(c1ccccc1)c1ccccc1)C(=O)OCC1c2ccccc2-c2ccccc21. The fraction of sp³-hybridized carbons (Fsp3) is 0.148. The second-order valence-corrected chi connectivity index (χ2v) is 17.7. The fourth-order valence-corrected chi connectivity index (χ4v) is 10.2. The molecule has 8 aromatic carbocycles. The van der Waals surface area contributed by atoms with Crippen LogP contribution in [0.1, 0.15) is 63.3 Å². The summed E-state index contributed by atoms with van der Waals surface area (Å²) in [5.41, 5.74) is 13.1. The first-order valence-corrected chi connectivity index (χ1v) is 23.8. The molecule has 0 fully saturated rings. The lowest BCUT2D eigenvalue weighted by Gasteiger charge is -2.38. The number of amides is 3. The van der Waals surface area contributed by atoms with Crippen LogP contribution in [0.3, 0.4) is 0 Å². The molecule has 9 rings (SSSR count). The normalized spacial score (nSPS) is 12.9. The minimum Gasteiger partial charge on any atom is -0.480 e. The number of nitrogens with two attached hydrogens (primary N) is 1. The van der Waals surface area contributed by atoms with E-state index in [4.69, 9.17) is 10.5 Å². The molecule has 1 aliphatic rings. The van der Waals surface area contributed by atoms with Gasteiger partial charge in [0.1, 0.15) is 23.7 Å². The van der Waals surface area contributed by atoms with Crippen molar-refractivity contribution in [3.63, 3.8) is 0 Å². The molecule has 0 radical (unpaired) electrons. The third-order valence-corrected chi connectivity index (χ3v) is 13.5. The minimum absolute atomic E-state index is 0.121. The summed E-state index contributed by atoms with van der Waals surface area (Å²) in [5.74, 6) is -2.85. The number of benzene rings is 8. The van der Waals surface area contributed by atoms with E-state index >= 15 is 0 Å². The van der Waals surface area contributed by atoms with Crippen molar-refractivity contribution < 1.29 is 29.0 Å². The van der Waals surface area contributed by atoms with E-state index < -0.39 is 60.0 Å². The van der Waals surface area contributed by atoms with Crippen LogP contribution in [0.15, 0.2) is 231 Å². The van der Waals surface area contributed by atoms with E-state index in [0.717, 1.165) is 60.5 Å². The van der Waals surface area contributed by atoms with Crippen molar-refractivity contribution in [1.29, 1.82) is 0 Å². The highest BCUT2D eigenvalue weighted by atomic mass is 16.6. The van der Waals surface area contributed by atoms with Crippen molar-refractivity contribution in [2.45, 2.75) is 41.9 Å². The predicted octanol–water partition coefficient (Wildman–Crippen LogP) is 10.0. The zero-order valence-electron chi connectivity index (χ0n) is 39.0. The number of nitrogens with one attached hydrogen (secondary N) is 2. The third kappa shape index (κ3) is 9.71. The lowest BCUT2D eigenvalue weighted by atomic mass is 9.76. The molecule has 5 N–H and O–H groups in total. The third-order valence-electron chi connectivity index (χ3n) is 13.5. The molecular formula is C61H54N4O6. The first kappa shape index (κ1) is 47.5. The summed E-state index contributed by atoms with van der Waals surface area (Å²) in [7, 11) is 0. The number of rotatable bonds is 18. The van der Waals surface area contributed by atoms with Crippen LogP contribution in [0.2, 0.25) is 0 Å². The number of fused-ring (bicyclic) bond motifs is 3. The topological polar surface area (TPSA) is 151 Å². The number of carboxylic acids is 1. The molecule has 354 valence electrons. The van der Waals surface area contributed by atoms with Gasteiger partial charge >= 0.3 is 12.1 Å². The van der Waals surface area contributed by atoms with Gasteiger partial charge in [-0.25, -0.2) is 9.59 Å². The summed E-state index contributed by atoms with van der Waals surface area (Å²) >= 11 is 0. The van der Waals surface area contributed by atoms with Gasteiger partial charge < -0.3 is 26.2 Å². The predicted molar refractivity (Wildman–Crippen MR) is 275 cm³/mol. The molecule has 0 aromatic heterocycles. The Morgan fingerprint density at radius 3 is 1.17 bits per heavy atom. The number of aliphatic carboxylic acids is 1. The molecule has 0 aliphatic heterocycles. The molecule has 71 heavy (non-hydrogen) atoms. The van der Waals surface area contributed by atoms with Gasteiger partial charge in [-0.2, -0.15) is 0 Å². The molecular weight excluding hydrogens is 885 g/mol. The van der Waals surface area contributed by atoms with Gasteiger partial charge in [0.25, 0.3) is 0 Å². The van der Waals surface area contributed by atoms with Crippen LogP contribution < -0.4 is 16.4 Å². The maximum Gasteiger partial charge on any atom is 0.410 e. The lowest BCUT2D eigenvalue weighted by molar-refractivity contribution is -0.144. The molecule has 1 aliphatic carbocycles. The molecule has 8 aromatic rings. The number of nitrogens with zero attached hydrogens (tertiary/aromatic N) is 1. The Hall–Kier alpha value is -8.60. The summed E-state index contributed by atoms with van der Waals surface area (Å²) in [6.07, 6.45) is -1.85. The number of hydrogen-bond acceptors (Lipinski definition) is 6. The first-order chi connectivity index (χ1) is 34.7. The Morgan fingerprint density at radius 2 is 0.817 bits per heavy atom. The monoisotopic (exact) mass is 938 g/mol. The first-order valence-electron chi connectivity index (χ1n) is 23.8. The average molecular weight is 939 g/mol. The second-order valence-electron chi connectivity index (χ2n) is 17.7. The van der Waals surface area contributed by atoms with Crippen LogP contribution in [0.25, 0.3) is 11.1 Å². The summed E-state index contributed by atoms with van der Waals surface area (Å²) in [4.78, 5) is 58.8. The van der Waals surface area contributed by atoms with E-state index in [9.17, 15) is 24.3 Å². The Balaban J connectivity index is 1.04. The van der Waals surface area contributed by atoms with E-state index in [2.05, 4.69) is 10.6 Å². The van der Waals surface area contributed by atoms with Gasteiger partial charge in [0, 0.05) is 31.3 Å². The number of carboxylic acid groups (broad SMARTS) is 1. The Bertz CT molecular complexity index is 2850. The Labute approximate surface area is 413 Å². The van der Waals surface area contributed by atoms with Crippen molar-refractivity contribution in [3.8, 4) is 11.1 Å². The number of hydrogen-bond donors (Lipinski definition) is 4. The molecule has 10 heteroatoms. The zero-order chi connectivity index (χ0) is 49.2. The molecule has 0 bridgehead atoms. The van der Waals surface area contributed by atoms with Gasteiger partial charge in [-0.15, -0.1) is 0 Å². The number of carbonyl (C=O) groups excluding carboxylic acids is 3. The van der Waals surface area contributed by atoms with Crippen LogP contribution in [0.5, 0.6) is 0 Å². The quantitative estimate of drug-likeness (QED) is 0.0626. The van der Waals surface area contributed by atoms with Crippen molar-refractivity contribution in [3.05, 3.63) is 275 Å². The smallest absolute Gasteiger partial charge is 0.410 e. The van der Waals surface area contributed by atoms with Gasteiger partial charge in [0.2, 0.25) is 11.8 Å². The number of carbonyl (C=O) groups is 4. The van der Waals surface area contributed by atoms with E-state index in [1.165, 1.54) is 0 Å². The van der Waals surface area contributed by atoms with Crippen molar-refractivity contribution in [1.82, 2.24) is 15.5 Å². The van der Waals surface area contributed by atoms with Gasteiger partial charge in [-0.1, -0.05) is 231 Å². The summed E-state index contributed by atoms with van der Waals surface area (Å²) in [5, 5.41) is 17.7. The molecule has 2 unspecified atom stereocenters. The van der Waals surface area contributed by atoms with Crippen LogP contribution in [-0.4, -0.2) is 59.1 Å². The Kier molecular flexibility index (Phi) is 14.3. The van der Waals surface area contributed by atoms with E-state index in [1.807, 2.05) is 231 Å². The van der Waals surface area contributed by atoms with Crippen LogP contribution in [0.4, 0.5) is 4.79 Å². The van der Waals surface area contributed by atoms with Gasteiger partial charge in [-0.3, -0.25) is 14.5 Å². The van der Waals surface area contributed by atoms with Crippen molar-refractivity contribution >= 4 is 23.9 Å². The van der Waals surface area contributed by atoms with Crippen molar-refractivity contribution in [2.24, 2.45) is 5.73 Å². The summed E-state index contributed by atoms with van der Waals surface area (Å²) < 4.78 is 6.12. The average Bonchev–Trinajstić information content (AvgIpc) is 3.74. The standard InChI is InChI=1S/C61H54N4O6/c62-54(41-56(67)64-61(46-29-13-4-14-30-46,47-31-15-5-16-32-47)48-33-17-6-18-34-48)57(58(68)69)65(59(70)71-42-53-51-37-21-19-35-49(51)50-36-20-22-38-52(50)53)40-39-55(66)63-60(43-23-7-1-8-24-43,44-25-9-2-10-26-44)45-27-11-3-12-28-45/h1-38,53-54,57H,39-42,62H2,(H,63,66)(H,64,67)(H,68,69). The largest absolute Gasteiger partial charge is 0.480 e. The molecule has 0 saturated carbocycles. The lowest BCUT2D eigenvalue weighted by Crippen LogP contribution is -2.58. The van der Waals surface area contributed by atoms with Crippen LogP contribution in [-0.2, 0) is 30.2 Å². The Morgan fingerprint density at radius 1 is 0.493 bits per heavy atom. The van der Waals surface area contributed by atoms with Crippen LogP contribution in [0, 0.1) is 0 Å². The maximum absolute atomic E-state index is 14.8. The molecule has 0 spiro atoms. The fourth-order valence-electron chi connectivity index (χ4n) is 10.2. The highest BCUT2D eigenvalue weighted by molar-refractivity contribution is 5.86.